The van der Waals surface area contributed by atoms with Crippen LogP contribution in [0.1, 0.15) is 0 Å². The lowest BCUT2D eigenvalue weighted by atomic mass is 10.1. The molecule has 0 unspecified atom stereocenters. The lowest BCUT2D eigenvalue weighted by Gasteiger charge is -2.34. The van der Waals surface area contributed by atoms with E-state index in [2.05, 4.69) is 128 Å². The van der Waals surface area contributed by atoms with Gasteiger partial charge in [0.1, 0.15) is 11.6 Å². The summed E-state index contributed by atoms with van der Waals surface area (Å²) in [5.74, 6) is 1.79. The number of nitrogens with zero attached hydrogens (tertiary/aromatic N) is 7. The van der Waals surface area contributed by atoms with Crippen LogP contribution in [-0.2, 0) is 7.05 Å². The lowest BCUT2D eigenvalue weighted by Crippen LogP contribution is -2.44. The maximum Gasteiger partial charge on any atom is 0.138 e. The van der Waals surface area contributed by atoms with Gasteiger partial charge in [-0.1, -0.05) is 0 Å². The second-order valence-electron chi connectivity index (χ2n) is 13.2. The van der Waals surface area contributed by atoms with Gasteiger partial charge < -0.3 is 34.1 Å². The van der Waals surface area contributed by atoms with Gasteiger partial charge in [0.25, 0.3) is 0 Å². The fourth-order valence-electron chi connectivity index (χ4n) is 7.30. The van der Waals surface area contributed by atoms with Gasteiger partial charge in [-0.3, -0.25) is 0 Å². The van der Waals surface area contributed by atoms with Gasteiger partial charge in [0.05, 0.1) is 22.1 Å². The normalized spacial score (nSPS) is 16.9. The van der Waals surface area contributed by atoms with Crippen LogP contribution in [0, 0.1) is 0 Å². The predicted molar refractivity (Wildman–Crippen MR) is 190 cm³/mol. The summed E-state index contributed by atoms with van der Waals surface area (Å²) in [7, 11) is 6.53. The molecule has 2 N–H and O–H groups in total. The zero-order chi connectivity index (χ0) is 30.9. The number of rotatable bonds is 4. The number of imidazole rings is 2. The first kappa shape index (κ1) is 27.5. The van der Waals surface area contributed by atoms with Crippen LogP contribution in [-0.4, -0.2) is 101 Å². The van der Waals surface area contributed by atoms with Crippen LogP contribution >= 0.6 is 0 Å². The third-order valence-electron chi connectivity index (χ3n) is 10.2. The largest absolute Gasteiger partial charge is 0.369 e. The van der Waals surface area contributed by atoms with Crippen molar-refractivity contribution >= 4 is 55.2 Å². The van der Waals surface area contributed by atoms with Crippen molar-refractivity contribution in [2.75, 3.05) is 76.3 Å². The molecule has 2 fully saturated rings. The summed E-state index contributed by atoms with van der Waals surface area (Å²) in [6, 6.07) is 26.6. The Bertz CT molecular complexity index is 2080. The Morgan fingerprint density at radius 3 is 1.37 bits per heavy atom. The van der Waals surface area contributed by atoms with Crippen LogP contribution in [0.25, 0.3) is 66.6 Å². The monoisotopic (exact) mass is 609 g/mol. The molecule has 2 aliphatic heterocycles. The van der Waals surface area contributed by atoms with Gasteiger partial charge in [-0.25, -0.2) is 9.97 Å². The van der Waals surface area contributed by atoms with E-state index < -0.39 is 0 Å². The summed E-state index contributed by atoms with van der Waals surface area (Å²) in [5, 5.41) is 2.42. The van der Waals surface area contributed by atoms with Crippen molar-refractivity contribution in [3.05, 3.63) is 72.8 Å². The molecule has 0 bridgehead atoms. The first-order valence-corrected chi connectivity index (χ1v) is 16.4. The van der Waals surface area contributed by atoms with Crippen molar-refractivity contribution < 1.29 is 0 Å². The standard InChI is InChI=1S/C37H39N9/c1-42-12-16-45(17-13-42)26-6-8-30-32(22-26)40-36(38-30)24-4-10-34-28(20-24)29-21-25(5-11-35(29)44(34)3)37-39-31-9-7-27(23-33(31)41-37)46-18-14-43(2)15-19-46/h4-11,20-23H,12-19H2,1-3H3,(H,38,40)(H,39,41). The minimum Gasteiger partial charge on any atom is -0.369 e. The van der Waals surface area contributed by atoms with Gasteiger partial charge >= 0.3 is 0 Å². The molecular formula is C37H39N9. The van der Waals surface area contributed by atoms with E-state index >= 15 is 0 Å². The first-order chi connectivity index (χ1) is 22.5. The number of aryl methyl sites for hydroxylation is 1. The van der Waals surface area contributed by atoms with E-state index in [1.165, 1.54) is 33.2 Å². The molecule has 2 saturated heterocycles. The lowest BCUT2D eigenvalue weighted by molar-refractivity contribution is 0.313. The number of hydrogen-bond donors (Lipinski definition) is 2. The number of nitrogens with one attached hydrogen (secondary N) is 2. The third kappa shape index (κ3) is 4.61. The van der Waals surface area contributed by atoms with Crippen molar-refractivity contribution in [1.82, 2.24) is 34.3 Å². The van der Waals surface area contributed by atoms with Crippen LogP contribution in [0.15, 0.2) is 72.8 Å². The van der Waals surface area contributed by atoms with E-state index in [0.717, 1.165) is 97.2 Å². The van der Waals surface area contributed by atoms with E-state index in [1.807, 2.05) is 0 Å². The van der Waals surface area contributed by atoms with E-state index in [4.69, 9.17) is 9.97 Å². The van der Waals surface area contributed by atoms with Crippen molar-refractivity contribution in [3.63, 3.8) is 0 Å². The van der Waals surface area contributed by atoms with Crippen LogP contribution < -0.4 is 9.80 Å². The van der Waals surface area contributed by atoms with Crippen LogP contribution in [0.5, 0.6) is 0 Å². The summed E-state index contributed by atoms with van der Waals surface area (Å²) in [6.07, 6.45) is 0. The Morgan fingerprint density at radius 2 is 0.935 bits per heavy atom. The van der Waals surface area contributed by atoms with E-state index in [0.29, 0.717) is 0 Å². The smallest absolute Gasteiger partial charge is 0.138 e. The highest BCUT2D eigenvalue weighted by molar-refractivity contribution is 6.10. The maximum atomic E-state index is 5.00. The molecule has 0 radical (unpaired) electrons. The van der Waals surface area contributed by atoms with E-state index in [1.54, 1.807) is 0 Å². The number of likely N-dealkylation sites (N-methyl/N-ethyl adjacent to an activating group) is 2. The highest BCUT2D eigenvalue weighted by Crippen LogP contribution is 2.35. The molecule has 3 aromatic heterocycles. The van der Waals surface area contributed by atoms with Crippen molar-refractivity contribution in [2.45, 2.75) is 0 Å². The zero-order valence-corrected chi connectivity index (χ0v) is 26.7. The summed E-state index contributed by atoms with van der Waals surface area (Å²) in [5.41, 5.74) is 11.2. The first-order valence-electron chi connectivity index (χ1n) is 16.4. The van der Waals surface area contributed by atoms with Crippen molar-refractivity contribution in [1.29, 1.82) is 0 Å². The highest BCUT2D eigenvalue weighted by atomic mass is 15.3. The minimum absolute atomic E-state index is 0.897. The van der Waals surface area contributed by atoms with Gasteiger partial charge in [0.15, 0.2) is 0 Å². The van der Waals surface area contributed by atoms with Crippen molar-refractivity contribution in [3.8, 4) is 22.8 Å². The van der Waals surface area contributed by atoms with Gasteiger partial charge in [0.2, 0.25) is 0 Å². The molecule has 0 amide bonds. The Kier molecular flexibility index (Phi) is 6.33. The molecule has 0 saturated carbocycles. The van der Waals surface area contributed by atoms with E-state index in [-0.39, 0.29) is 0 Å². The molecule has 2 aliphatic rings. The van der Waals surface area contributed by atoms with Gasteiger partial charge in [0, 0.05) is 104 Å². The highest BCUT2D eigenvalue weighted by Gasteiger charge is 2.18. The van der Waals surface area contributed by atoms with Gasteiger partial charge in [-0.2, -0.15) is 0 Å². The number of aromatic amines is 2. The summed E-state index contributed by atoms with van der Waals surface area (Å²) in [4.78, 5) is 27.0. The summed E-state index contributed by atoms with van der Waals surface area (Å²) in [6.45, 7) is 8.56. The van der Waals surface area contributed by atoms with Crippen LogP contribution in [0.3, 0.4) is 0 Å². The number of anilines is 2. The number of aromatic nitrogens is 5. The molecule has 9 heteroatoms. The fourth-order valence-corrected chi connectivity index (χ4v) is 7.30. The van der Waals surface area contributed by atoms with Gasteiger partial charge in [-0.15, -0.1) is 0 Å². The molecule has 46 heavy (non-hydrogen) atoms. The number of fused-ring (bicyclic) bond motifs is 5. The SMILES string of the molecule is CN1CCN(c2ccc3nc(-c4ccc5c(c4)c4cc(-c6nc7ccc(N8CCN(C)CC8)cc7[nH]6)ccc4n5C)[nH]c3c2)CC1. The zero-order valence-electron chi connectivity index (χ0n) is 26.7. The number of hydrogen-bond acceptors (Lipinski definition) is 6. The van der Waals surface area contributed by atoms with Crippen molar-refractivity contribution in [2.24, 2.45) is 7.05 Å². The fraction of sp³-hybridized carbons (Fsp3) is 0.297. The summed E-state index contributed by atoms with van der Waals surface area (Å²) < 4.78 is 2.28. The molecular weight excluding hydrogens is 570 g/mol. The molecule has 7 aromatic rings. The van der Waals surface area contributed by atoms with Crippen LogP contribution in [0.4, 0.5) is 11.4 Å². The second kappa shape index (κ2) is 10.6. The Hall–Kier alpha value is -4.86. The predicted octanol–water partition coefficient (Wildman–Crippen LogP) is 5.92. The third-order valence-corrected chi connectivity index (χ3v) is 10.2. The molecule has 4 aromatic carbocycles. The molecule has 232 valence electrons. The average Bonchev–Trinajstić information content (AvgIpc) is 3.79. The van der Waals surface area contributed by atoms with Crippen LogP contribution in [0.2, 0.25) is 0 Å². The topological polar surface area (TPSA) is 75.2 Å². The molecule has 9 nitrogen and oxygen atoms in total. The molecule has 0 spiro atoms. The quantitative estimate of drug-likeness (QED) is 0.258. The average molecular weight is 610 g/mol. The summed E-state index contributed by atoms with van der Waals surface area (Å²) >= 11 is 0. The molecule has 5 heterocycles. The second-order valence-corrected chi connectivity index (χ2v) is 13.2. The minimum atomic E-state index is 0.897. The number of piperazine rings is 2. The Balaban J connectivity index is 1.06. The Morgan fingerprint density at radius 1 is 0.500 bits per heavy atom. The molecule has 0 aliphatic carbocycles. The maximum absolute atomic E-state index is 5.00. The molecule has 0 atom stereocenters. The number of H-pyrrole nitrogens is 2. The van der Waals surface area contributed by atoms with Gasteiger partial charge in [-0.05, 0) is 86.9 Å². The number of benzene rings is 4. The van der Waals surface area contributed by atoms with E-state index in [9.17, 15) is 0 Å². The Labute approximate surface area is 268 Å². The molecule has 9 rings (SSSR count).